The minimum Gasteiger partial charge on any atom is -0.309 e. The Morgan fingerprint density at radius 1 is 0.164 bits per heavy atom. The van der Waals surface area contributed by atoms with E-state index in [1.54, 1.807) is 0 Å². The van der Waals surface area contributed by atoms with Gasteiger partial charge in [0.05, 0.1) is 83.2 Å². The largest absolute Gasteiger partial charge is 0.309 e. The molecule has 0 aliphatic carbocycles. The van der Waals surface area contributed by atoms with Crippen LogP contribution in [-0.2, 0) is 0 Å². The highest BCUT2D eigenvalue weighted by Gasteiger charge is 2.27. The molecule has 134 heavy (non-hydrogen) atoms. The molecule has 0 spiro atoms. The lowest BCUT2D eigenvalue weighted by Gasteiger charge is -2.16. The minimum absolute atomic E-state index is 0.633. The van der Waals surface area contributed by atoms with Crippen molar-refractivity contribution in [3.63, 3.8) is 0 Å². The van der Waals surface area contributed by atoms with Crippen molar-refractivity contribution in [2.45, 2.75) is 0 Å². The molecule has 12 nitrogen and oxygen atoms in total. The van der Waals surface area contributed by atoms with Crippen LogP contribution in [0.5, 0.6) is 0 Å². The van der Waals surface area contributed by atoms with Gasteiger partial charge in [0, 0.05) is 132 Å². The fourth-order valence-electron chi connectivity index (χ4n) is 20.2. The van der Waals surface area contributed by atoms with Gasteiger partial charge in [-0.25, -0.2) is 24.9 Å². The van der Waals surface area contributed by atoms with E-state index in [1.165, 1.54) is 70.5 Å². The molecule has 0 fully saturated rings. The van der Waals surface area contributed by atoms with Gasteiger partial charge in [-0.2, -0.15) is 5.26 Å². The summed E-state index contributed by atoms with van der Waals surface area (Å²) >= 11 is 0. The van der Waals surface area contributed by atoms with E-state index >= 15 is 0 Å². The lowest BCUT2D eigenvalue weighted by Crippen LogP contribution is -2.02. The van der Waals surface area contributed by atoms with E-state index in [9.17, 15) is 5.26 Å². The van der Waals surface area contributed by atoms with Gasteiger partial charge in [0.1, 0.15) is 6.07 Å². The highest BCUT2D eigenvalue weighted by molar-refractivity contribution is 6.19. The zero-order valence-corrected chi connectivity index (χ0v) is 72.4. The van der Waals surface area contributed by atoms with Crippen molar-refractivity contribution in [2.75, 3.05) is 0 Å². The quantitative estimate of drug-likeness (QED) is 0.120. The minimum atomic E-state index is 0.633. The smallest absolute Gasteiger partial charge is 0.166 e. The zero-order valence-electron chi connectivity index (χ0n) is 72.4. The van der Waals surface area contributed by atoms with E-state index in [2.05, 4.69) is 397 Å². The second-order valence-electron chi connectivity index (χ2n) is 33.7. The summed E-state index contributed by atoms with van der Waals surface area (Å²) in [5.74, 6) is 2.61. The molecule has 12 heteroatoms. The molecule has 0 saturated carbocycles. The maximum Gasteiger partial charge on any atom is 0.166 e. The van der Waals surface area contributed by atoms with Gasteiger partial charge in [-0.05, 0) is 140 Å². The summed E-state index contributed by atoms with van der Waals surface area (Å²) in [6.07, 6.45) is 0. The normalized spacial score (nSPS) is 11.6. The van der Waals surface area contributed by atoms with Gasteiger partial charge in [-0.1, -0.05) is 334 Å². The standard InChI is InChI=1S/C46H30N4.C45H29N5.C31H19N3/c1-4-16-31(17-5-1)40-30-41(48-46(47-40)32-18-6-2-7-19-32)39-29-34(49-42-25-13-10-22-35(42)36-23-11-14-26-43(36)49)28-38-37-24-12-15-27-44(37)50(45(38)39)33-20-8-3-9-21-33;1-4-15-30(16-5-1)43-46-44(31-17-6-2-7-18-31)48-45(47-43)37-24-14-23-36-34-21-10-13-26-40(34)50(42(36)37)33-27-28-41-38(29-33)35-22-11-12-25-39(35)49(41)32-19-8-3-9-20-32;32-20-21-18-23(33-28-15-7-4-12-24(28)25-13-5-8-16-29(25)33)19-27-26-14-6-9-17-30(26)34(31(21)27)22-10-2-1-3-11-22/h1-30H;1-29H;1-19H. The van der Waals surface area contributed by atoms with E-state index in [1.807, 2.05) is 109 Å². The van der Waals surface area contributed by atoms with E-state index in [-0.39, 0.29) is 0 Å². The zero-order chi connectivity index (χ0) is 88.7. The number of hydrogen-bond donors (Lipinski definition) is 0. The molecule has 0 radical (unpaired) electrons. The summed E-state index contributed by atoms with van der Waals surface area (Å²) in [7, 11) is 0. The SMILES string of the molecule is N#Cc1cc(-n2c3ccccc3c3ccccc32)cc2c3ccccc3n(-c3ccccc3)c12.c1ccc(-c2cc(-c3cc(-n4c5ccccc5c5ccccc54)cc4c5ccccc5n(-c5ccccc5)c34)nc(-c3ccccc3)n2)cc1.c1ccc(-c2nc(-c3ccccc3)nc(-c3cccc4c5ccccc5n(-c5ccc6c(c5)c5ccccc5n6-c5ccccc5)c34)n2)cc1. The molecule has 0 aliphatic heterocycles. The van der Waals surface area contributed by atoms with Crippen LogP contribution < -0.4 is 0 Å². The second-order valence-corrected chi connectivity index (χ2v) is 33.7. The predicted molar refractivity (Wildman–Crippen MR) is 552 cm³/mol. The number of aromatic nitrogens is 11. The summed E-state index contributed by atoms with van der Waals surface area (Å²) in [6, 6.07) is 168. The van der Waals surface area contributed by atoms with Crippen molar-refractivity contribution in [1.82, 2.24) is 52.3 Å². The number of nitriles is 1. The van der Waals surface area contributed by atoms with Crippen LogP contribution in [0.3, 0.4) is 0 Å². The molecular weight excluding hydrogens is 1630 g/mol. The molecule has 0 unspecified atom stereocenters. The van der Waals surface area contributed by atoms with Crippen LogP contribution in [0, 0.1) is 11.3 Å². The molecule has 0 amide bonds. The van der Waals surface area contributed by atoms with Crippen molar-refractivity contribution in [3.05, 3.63) is 479 Å². The monoisotopic (exact) mass is 1710 g/mol. The highest BCUT2D eigenvalue weighted by Crippen LogP contribution is 2.47. The molecule has 8 heterocycles. The predicted octanol–water partition coefficient (Wildman–Crippen LogP) is 30.5. The molecule has 0 bridgehead atoms. The van der Waals surface area contributed by atoms with Gasteiger partial charge in [-0.3, -0.25) is 0 Å². The van der Waals surface area contributed by atoms with Crippen LogP contribution in [0.1, 0.15) is 5.56 Å². The number of hydrogen-bond acceptors (Lipinski definition) is 6. The lowest BCUT2D eigenvalue weighted by atomic mass is 10.0. The third-order valence-corrected chi connectivity index (χ3v) is 26.0. The van der Waals surface area contributed by atoms with Gasteiger partial charge in [0.15, 0.2) is 23.3 Å². The molecule has 0 saturated heterocycles. The molecule has 27 aromatic rings. The third kappa shape index (κ3) is 13.2. The first kappa shape index (κ1) is 77.9. The Hall–Kier alpha value is -18.4. The summed E-state index contributed by atoms with van der Waals surface area (Å²) in [5, 5.41) is 24.5. The Labute approximate surface area is 770 Å². The number of rotatable bonds is 12. The first-order chi connectivity index (χ1) is 66.5. The fraction of sp³-hybridized carbons (Fsp3) is 0. The van der Waals surface area contributed by atoms with Crippen LogP contribution in [0.2, 0.25) is 0 Å². The van der Waals surface area contributed by atoms with Gasteiger partial charge in [0.25, 0.3) is 0 Å². The van der Waals surface area contributed by atoms with Crippen molar-refractivity contribution >= 4 is 131 Å². The molecule has 19 aromatic carbocycles. The maximum atomic E-state index is 10.3. The number of para-hydroxylation sites is 12. The van der Waals surface area contributed by atoms with E-state index in [4.69, 9.17) is 24.9 Å². The van der Waals surface area contributed by atoms with Crippen molar-refractivity contribution in [3.8, 4) is 108 Å². The van der Waals surface area contributed by atoms with E-state index < -0.39 is 0 Å². The van der Waals surface area contributed by atoms with Crippen LogP contribution in [0.25, 0.3) is 233 Å². The topological polar surface area (TPSA) is 118 Å². The Balaban J connectivity index is 0.000000110. The number of benzene rings is 19. The Bertz CT molecular complexity index is 9090. The van der Waals surface area contributed by atoms with Crippen molar-refractivity contribution in [2.24, 2.45) is 0 Å². The van der Waals surface area contributed by atoms with Crippen LogP contribution in [0.15, 0.2) is 473 Å². The number of nitrogens with zero attached hydrogens (tertiary/aromatic N) is 12. The van der Waals surface area contributed by atoms with E-state index in [0.717, 1.165) is 139 Å². The molecule has 0 N–H and O–H groups in total. The highest BCUT2D eigenvalue weighted by atomic mass is 15.1. The van der Waals surface area contributed by atoms with E-state index in [0.29, 0.717) is 28.9 Å². The molecule has 0 aliphatic rings. The van der Waals surface area contributed by atoms with Gasteiger partial charge < -0.3 is 27.4 Å². The third-order valence-electron chi connectivity index (χ3n) is 26.0. The average Bonchev–Trinajstić information content (AvgIpc) is 1.57. The lowest BCUT2D eigenvalue weighted by molar-refractivity contribution is 1.07. The molecule has 27 rings (SSSR count). The number of fused-ring (bicyclic) bond motifs is 18. The van der Waals surface area contributed by atoms with Crippen molar-refractivity contribution < 1.29 is 0 Å². The molecular formula is C122H78N12. The Morgan fingerprint density at radius 2 is 0.448 bits per heavy atom. The average molecular weight is 1710 g/mol. The molecule has 626 valence electrons. The summed E-state index contributed by atoms with van der Waals surface area (Å²) in [6.45, 7) is 0. The summed E-state index contributed by atoms with van der Waals surface area (Å²) < 4.78 is 14.0. The first-order valence-corrected chi connectivity index (χ1v) is 45.1. The fourth-order valence-corrected chi connectivity index (χ4v) is 20.2. The van der Waals surface area contributed by atoms with Gasteiger partial charge >= 0.3 is 0 Å². The van der Waals surface area contributed by atoms with Crippen LogP contribution in [0.4, 0.5) is 0 Å². The maximum absolute atomic E-state index is 10.3. The second kappa shape index (κ2) is 32.7. The van der Waals surface area contributed by atoms with Crippen LogP contribution >= 0.6 is 0 Å². The first-order valence-electron chi connectivity index (χ1n) is 45.1. The van der Waals surface area contributed by atoms with Crippen LogP contribution in [-0.4, -0.2) is 52.3 Å². The summed E-state index contributed by atoms with van der Waals surface area (Å²) in [4.78, 5) is 25.8. The molecule has 0 atom stereocenters. The van der Waals surface area contributed by atoms with Gasteiger partial charge in [-0.15, -0.1) is 0 Å². The summed E-state index contributed by atoms with van der Waals surface area (Å²) in [5.41, 5.74) is 28.2. The molecule has 8 aromatic heterocycles. The van der Waals surface area contributed by atoms with Gasteiger partial charge in [0.2, 0.25) is 0 Å². The Morgan fingerprint density at radius 3 is 0.881 bits per heavy atom. The Kier molecular flexibility index (Phi) is 19.0. The van der Waals surface area contributed by atoms with Crippen molar-refractivity contribution in [1.29, 1.82) is 5.26 Å².